The van der Waals surface area contributed by atoms with Crippen LogP contribution in [0.25, 0.3) is 0 Å². The van der Waals surface area contributed by atoms with Crippen LogP contribution in [0.15, 0.2) is 4.52 Å². The number of hydrogen-bond acceptors (Lipinski definition) is 4. The highest BCUT2D eigenvalue weighted by molar-refractivity contribution is 5.81. The molecule has 1 heterocycles. The minimum Gasteiger partial charge on any atom is -0.361 e. The van der Waals surface area contributed by atoms with Gasteiger partial charge in [-0.2, -0.15) is 0 Å². The molecule has 0 aliphatic rings. The van der Waals surface area contributed by atoms with Crippen molar-refractivity contribution < 1.29 is 9.32 Å². The molecule has 0 aliphatic carbocycles. The van der Waals surface area contributed by atoms with Crippen molar-refractivity contribution in [3.8, 4) is 0 Å². The Morgan fingerprint density at radius 2 is 1.83 bits per heavy atom. The summed E-state index contributed by atoms with van der Waals surface area (Å²) in [5.74, 6) is 0.799. The van der Waals surface area contributed by atoms with Gasteiger partial charge in [-0.1, -0.05) is 5.16 Å². The largest absolute Gasteiger partial charge is 0.361 e. The highest BCUT2D eigenvalue weighted by atomic mass is 16.5. The van der Waals surface area contributed by atoms with Gasteiger partial charge >= 0.3 is 0 Å². The van der Waals surface area contributed by atoms with Crippen molar-refractivity contribution in [2.24, 2.45) is 0 Å². The van der Waals surface area contributed by atoms with Crippen molar-refractivity contribution in [3.63, 3.8) is 0 Å². The van der Waals surface area contributed by atoms with E-state index in [0.717, 1.165) is 17.0 Å². The number of carbonyl (C=O) groups is 1. The van der Waals surface area contributed by atoms with Crippen LogP contribution in [0.4, 0.5) is 0 Å². The summed E-state index contributed by atoms with van der Waals surface area (Å²) < 4.78 is 5.13. The molecule has 1 aromatic heterocycles. The van der Waals surface area contributed by atoms with E-state index in [9.17, 15) is 4.79 Å². The summed E-state index contributed by atoms with van der Waals surface area (Å²) >= 11 is 0. The van der Waals surface area contributed by atoms with Gasteiger partial charge in [0.25, 0.3) is 0 Å². The van der Waals surface area contributed by atoms with Crippen LogP contribution >= 0.6 is 0 Å². The first-order chi connectivity index (χ1) is 8.32. The van der Waals surface area contributed by atoms with Gasteiger partial charge < -0.3 is 9.84 Å². The molecule has 2 N–H and O–H groups in total. The zero-order valence-electron chi connectivity index (χ0n) is 12.0. The number of amides is 1. The second-order valence-corrected chi connectivity index (χ2v) is 5.01. The predicted molar refractivity (Wildman–Crippen MR) is 70.3 cm³/mol. The van der Waals surface area contributed by atoms with Gasteiger partial charge in [0.1, 0.15) is 5.76 Å². The molecule has 0 bridgehead atoms. The van der Waals surface area contributed by atoms with Gasteiger partial charge in [0.2, 0.25) is 5.91 Å². The number of nitrogens with zero attached hydrogens (tertiary/aromatic N) is 1. The average molecular weight is 253 g/mol. The second kappa shape index (κ2) is 6.00. The van der Waals surface area contributed by atoms with Crippen molar-refractivity contribution >= 4 is 5.91 Å². The monoisotopic (exact) mass is 253 g/mol. The smallest absolute Gasteiger partial charge is 0.237 e. The molecule has 5 heteroatoms. The lowest BCUT2D eigenvalue weighted by Gasteiger charge is -2.20. The summed E-state index contributed by atoms with van der Waals surface area (Å²) in [5, 5.41) is 10.1. The minimum atomic E-state index is -0.254. The summed E-state index contributed by atoms with van der Waals surface area (Å²) in [7, 11) is 0. The molecule has 0 saturated heterocycles. The molecular formula is C13H23N3O2. The molecule has 0 aromatic carbocycles. The van der Waals surface area contributed by atoms with Crippen LogP contribution in [0.1, 0.15) is 50.8 Å². The Morgan fingerprint density at radius 3 is 2.28 bits per heavy atom. The average Bonchev–Trinajstić information content (AvgIpc) is 2.57. The van der Waals surface area contributed by atoms with Crippen molar-refractivity contribution in [2.75, 3.05) is 0 Å². The van der Waals surface area contributed by atoms with E-state index < -0.39 is 0 Å². The first-order valence-electron chi connectivity index (χ1n) is 6.32. The Morgan fingerprint density at radius 1 is 1.22 bits per heavy atom. The third kappa shape index (κ3) is 3.57. The molecule has 0 saturated carbocycles. The molecular weight excluding hydrogens is 230 g/mol. The third-order valence-corrected chi connectivity index (χ3v) is 2.85. The number of aromatic nitrogens is 1. The van der Waals surface area contributed by atoms with E-state index in [1.54, 1.807) is 0 Å². The van der Waals surface area contributed by atoms with Crippen LogP contribution in [-0.4, -0.2) is 23.1 Å². The van der Waals surface area contributed by atoms with Gasteiger partial charge in [0.05, 0.1) is 11.7 Å². The molecule has 0 radical (unpaired) electrons. The molecule has 0 spiro atoms. The zero-order valence-corrected chi connectivity index (χ0v) is 12.0. The van der Waals surface area contributed by atoms with Crippen LogP contribution in [0, 0.1) is 13.8 Å². The Labute approximate surface area is 108 Å². The van der Waals surface area contributed by atoms with Crippen LogP contribution in [0.2, 0.25) is 0 Å². The fraction of sp³-hybridized carbons (Fsp3) is 0.692. The topological polar surface area (TPSA) is 67.2 Å². The van der Waals surface area contributed by atoms with Gasteiger partial charge in [-0.15, -0.1) is 0 Å². The van der Waals surface area contributed by atoms with E-state index in [0.29, 0.717) is 0 Å². The maximum absolute atomic E-state index is 11.8. The highest BCUT2D eigenvalue weighted by Gasteiger charge is 2.21. The van der Waals surface area contributed by atoms with E-state index in [-0.39, 0.29) is 24.0 Å². The van der Waals surface area contributed by atoms with Crippen LogP contribution in [-0.2, 0) is 4.79 Å². The third-order valence-electron chi connectivity index (χ3n) is 2.85. The maximum Gasteiger partial charge on any atom is 0.237 e. The number of nitrogens with one attached hydrogen (secondary N) is 2. The summed E-state index contributed by atoms with van der Waals surface area (Å²) in [6, 6.07) is -0.0728. The summed E-state index contributed by atoms with van der Waals surface area (Å²) in [4.78, 5) is 11.8. The quantitative estimate of drug-likeness (QED) is 0.840. The lowest BCUT2D eigenvalue weighted by atomic mass is 10.1. The maximum atomic E-state index is 11.8. The lowest BCUT2D eigenvalue weighted by Crippen LogP contribution is -2.45. The molecule has 0 fully saturated rings. The van der Waals surface area contributed by atoms with E-state index in [1.807, 2.05) is 41.5 Å². The predicted octanol–water partition coefficient (Wildman–Crippen LogP) is 1.86. The number of aryl methyl sites for hydroxylation is 2. The highest BCUT2D eigenvalue weighted by Crippen LogP contribution is 2.21. The molecule has 102 valence electrons. The molecule has 1 aromatic rings. The molecule has 2 atom stereocenters. The SMILES string of the molecule is Cc1noc(C)c1C(C)NC(C)C(=O)NC(C)C. The van der Waals surface area contributed by atoms with E-state index in [1.165, 1.54) is 0 Å². The first-order valence-corrected chi connectivity index (χ1v) is 6.32. The number of hydrogen-bond donors (Lipinski definition) is 2. The van der Waals surface area contributed by atoms with E-state index >= 15 is 0 Å². The van der Waals surface area contributed by atoms with Crippen molar-refractivity contribution in [1.29, 1.82) is 0 Å². The van der Waals surface area contributed by atoms with Crippen LogP contribution < -0.4 is 10.6 Å². The van der Waals surface area contributed by atoms with Crippen molar-refractivity contribution in [3.05, 3.63) is 17.0 Å². The van der Waals surface area contributed by atoms with Gasteiger partial charge in [-0.05, 0) is 41.5 Å². The van der Waals surface area contributed by atoms with Crippen molar-refractivity contribution in [2.45, 2.75) is 59.7 Å². The Hall–Kier alpha value is -1.36. The summed E-state index contributed by atoms with van der Waals surface area (Å²) in [6.07, 6.45) is 0. The summed E-state index contributed by atoms with van der Waals surface area (Å²) in [5.41, 5.74) is 1.89. The number of rotatable bonds is 5. The van der Waals surface area contributed by atoms with Crippen molar-refractivity contribution in [1.82, 2.24) is 15.8 Å². The zero-order chi connectivity index (χ0) is 13.9. The Kier molecular flexibility index (Phi) is 4.90. The minimum absolute atomic E-state index is 0.00334. The van der Waals surface area contributed by atoms with Gasteiger partial charge in [0, 0.05) is 17.6 Å². The lowest BCUT2D eigenvalue weighted by molar-refractivity contribution is -0.123. The fourth-order valence-corrected chi connectivity index (χ4v) is 2.05. The molecule has 1 amide bonds. The molecule has 2 unspecified atom stereocenters. The van der Waals surface area contributed by atoms with Crippen LogP contribution in [0.5, 0.6) is 0 Å². The Bertz CT molecular complexity index is 393. The standard InChI is InChI=1S/C13H23N3O2/c1-7(2)14-13(17)10(5)15-8(3)12-9(4)16-18-11(12)6/h7-8,10,15H,1-6H3,(H,14,17). The van der Waals surface area contributed by atoms with E-state index in [4.69, 9.17) is 4.52 Å². The fourth-order valence-electron chi connectivity index (χ4n) is 2.05. The molecule has 18 heavy (non-hydrogen) atoms. The van der Waals surface area contributed by atoms with Gasteiger partial charge in [0.15, 0.2) is 0 Å². The Balaban J connectivity index is 2.65. The van der Waals surface area contributed by atoms with Crippen LogP contribution in [0.3, 0.4) is 0 Å². The van der Waals surface area contributed by atoms with Gasteiger partial charge in [-0.25, -0.2) is 0 Å². The second-order valence-electron chi connectivity index (χ2n) is 5.01. The molecule has 0 aliphatic heterocycles. The van der Waals surface area contributed by atoms with E-state index in [2.05, 4.69) is 15.8 Å². The first kappa shape index (κ1) is 14.7. The molecule has 5 nitrogen and oxygen atoms in total. The normalized spacial score (nSPS) is 14.6. The summed E-state index contributed by atoms with van der Waals surface area (Å²) in [6.45, 7) is 11.5. The number of carbonyl (C=O) groups excluding carboxylic acids is 1. The molecule has 1 rings (SSSR count). The van der Waals surface area contributed by atoms with Gasteiger partial charge in [-0.3, -0.25) is 10.1 Å².